The highest BCUT2D eigenvalue weighted by Gasteiger charge is 2.13. The zero-order valence-corrected chi connectivity index (χ0v) is 19.5. The predicted molar refractivity (Wildman–Crippen MR) is 132 cm³/mol. The van der Waals surface area contributed by atoms with Crippen LogP contribution in [0.1, 0.15) is 21.5 Å². The highest BCUT2D eigenvalue weighted by molar-refractivity contribution is 6.32. The van der Waals surface area contributed by atoms with Crippen LogP contribution in [0, 0.1) is 0 Å². The van der Waals surface area contributed by atoms with Gasteiger partial charge in [0.15, 0.2) is 11.5 Å². The van der Waals surface area contributed by atoms with E-state index >= 15 is 0 Å². The van der Waals surface area contributed by atoms with Crippen LogP contribution in [-0.4, -0.2) is 50.7 Å². The van der Waals surface area contributed by atoms with Gasteiger partial charge in [-0.05, 0) is 59.7 Å². The van der Waals surface area contributed by atoms with E-state index in [0.717, 1.165) is 43.2 Å². The molecule has 8 heteroatoms. The number of aromatic carboxylic acids is 1. The van der Waals surface area contributed by atoms with Gasteiger partial charge in [-0.15, -0.1) is 0 Å². The summed E-state index contributed by atoms with van der Waals surface area (Å²) in [4.78, 5) is 18.0. The van der Waals surface area contributed by atoms with Gasteiger partial charge in [-0.2, -0.15) is 0 Å². The first-order chi connectivity index (χ1) is 16.5. The number of hydrogen-bond donors (Lipinski definition) is 1. The molecule has 0 aromatic heterocycles. The number of anilines is 1. The van der Waals surface area contributed by atoms with Crippen molar-refractivity contribution in [2.24, 2.45) is 4.99 Å². The Morgan fingerprint density at radius 1 is 1.15 bits per heavy atom. The maximum atomic E-state index is 11.2. The molecule has 0 atom stereocenters. The average molecular weight is 481 g/mol. The minimum absolute atomic E-state index is 0.153. The van der Waals surface area contributed by atoms with Crippen LogP contribution in [-0.2, 0) is 11.3 Å². The van der Waals surface area contributed by atoms with Gasteiger partial charge in [0.1, 0.15) is 6.61 Å². The fourth-order valence-corrected chi connectivity index (χ4v) is 3.90. The van der Waals surface area contributed by atoms with Gasteiger partial charge in [0.2, 0.25) is 0 Å². The second kappa shape index (κ2) is 11.0. The van der Waals surface area contributed by atoms with E-state index in [0.29, 0.717) is 22.1 Å². The lowest BCUT2D eigenvalue weighted by atomic mass is 10.1. The lowest BCUT2D eigenvalue weighted by Crippen LogP contribution is -2.36. The average Bonchev–Trinajstić information content (AvgIpc) is 2.87. The van der Waals surface area contributed by atoms with Crippen molar-refractivity contribution >= 4 is 35.2 Å². The Balaban J connectivity index is 1.45. The number of hydrogen-bond acceptors (Lipinski definition) is 6. The van der Waals surface area contributed by atoms with E-state index in [1.807, 2.05) is 12.1 Å². The normalized spacial score (nSPS) is 13.8. The molecule has 0 radical (unpaired) electrons. The van der Waals surface area contributed by atoms with Gasteiger partial charge in [-0.25, -0.2) is 4.79 Å². The van der Waals surface area contributed by atoms with E-state index in [9.17, 15) is 4.79 Å². The van der Waals surface area contributed by atoms with Gasteiger partial charge >= 0.3 is 5.97 Å². The van der Waals surface area contributed by atoms with Gasteiger partial charge in [-0.3, -0.25) is 4.99 Å². The number of carbonyl (C=O) groups is 1. The van der Waals surface area contributed by atoms with E-state index in [-0.39, 0.29) is 12.2 Å². The van der Waals surface area contributed by atoms with Gasteiger partial charge in [0.05, 0.1) is 36.6 Å². The molecule has 0 amide bonds. The molecule has 1 N–H and O–H groups in total. The molecule has 1 heterocycles. The first kappa shape index (κ1) is 23.6. The largest absolute Gasteiger partial charge is 0.493 e. The minimum atomic E-state index is -0.989. The number of aliphatic imine (C=N–C) groups is 1. The molecule has 0 aliphatic carbocycles. The molecular formula is C26H25ClN2O5. The van der Waals surface area contributed by atoms with Gasteiger partial charge in [0.25, 0.3) is 0 Å². The quantitative estimate of drug-likeness (QED) is 0.445. The third kappa shape index (κ3) is 5.87. The molecule has 1 fully saturated rings. The van der Waals surface area contributed by atoms with Crippen molar-refractivity contribution in [3.8, 4) is 11.5 Å². The monoisotopic (exact) mass is 480 g/mol. The number of morpholine rings is 1. The minimum Gasteiger partial charge on any atom is -0.493 e. The summed E-state index contributed by atoms with van der Waals surface area (Å²) in [6.45, 7) is 3.43. The Labute approximate surface area is 203 Å². The summed E-state index contributed by atoms with van der Waals surface area (Å²) in [6.07, 6.45) is 1.72. The van der Waals surface area contributed by atoms with Crippen molar-refractivity contribution in [2.45, 2.75) is 6.61 Å². The van der Waals surface area contributed by atoms with E-state index in [1.54, 1.807) is 36.5 Å². The number of carboxylic acids is 1. The van der Waals surface area contributed by atoms with E-state index in [2.05, 4.69) is 22.0 Å². The van der Waals surface area contributed by atoms with Crippen LogP contribution in [0.25, 0.3) is 0 Å². The molecule has 0 unspecified atom stereocenters. The van der Waals surface area contributed by atoms with Crippen molar-refractivity contribution in [1.29, 1.82) is 0 Å². The van der Waals surface area contributed by atoms with Crippen LogP contribution in [0.15, 0.2) is 65.7 Å². The van der Waals surface area contributed by atoms with Crippen molar-refractivity contribution in [3.63, 3.8) is 0 Å². The molecule has 3 aromatic rings. The van der Waals surface area contributed by atoms with Gasteiger partial charge < -0.3 is 24.2 Å². The number of methoxy groups -OCH3 is 1. The molecule has 0 saturated carbocycles. The van der Waals surface area contributed by atoms with Crippen LogP contribution in [0.5, 0.6) is 11.5 Å². The number of rotatable bonds is 8. The van der Waals surface area contributed by atoms with Gasteiger partial charge in [-0.1, -0.05) is 23.7 Å². The Morgan fingerprint density at radius 2 is 1.91 bits per heavy atom. The van der Waals surface area contributed by atoms with Crippen molar-refractivity contribution in [1.82, 2.24) is 0 Å². The fourth-order valence-electron chi connectivity index (χ4n) is 3.62. The Bertz CT molecular complexity index is 1170. The smallest absolute Gasteiger partial charge is 0.335 e. The van der Waals surface area contributed by atoms with E-state index in [1.165, 1.54) is 13.2 Å². The lowest BCUT2D eigenvalue weighted by Gasteiger charge is -2.28. The number of benzene rings is 3. The topological polar surface area (TPSA) is 80.6 Å². The SMILES string of the molecule is COc1cc(C=Nc2ccc(N3CCOCC3)cc2)cc(Cl)c1OCc1cccc(C(=O)O)c1. The van der Waals surface area contributed by atoms with Crippen LogP contribution in [0.2, 0.25) is 5.02 Å². The van der Waals surface area contributed by atoms with E-state index in [4.69, 9.17) is 30.9 Å². The summed E-state index contributed by atoms with van der Waals surface area (Å²) < 4.78 is 16.7. The summed E-state index contributed by atoms with van der Waals surface area (Å²) >= 11 is 6.47. The molecule has 1 aliphatic rings. The molecular weight excluding hydrogens is 456 g/mol. The Hall–Kier alpha value is -3.55. The molecule has 3 aromatic carbocycles. The zero-order valence-electron chi connectivity index (χ0n) is 18.7. The molecule has 4 rings (SSSR count). The Kier molecular flexibility index (Phi) is 7.67. The zero-order chi connectivity index (χ0) is 23.9. The van der Waals surface area contributed by atoms with E-state index < -0.39 is 5.97 Å². The highest BCUT2D eigenvalue weighted by atomic mass is 35.5. The molecule has 1 saturated heterocycles. The lowest BCUT2D eigenvalue weighted by molar-refractivity contribution is 0.0696. The number of carboxylic acid groups (broad SMARTS) is 1. The van der Waals surface area contributed by atoms with Crippen LogP contribution in [0.4, 0.5) is 11.4 Å². The van der Waals surface area contributed by atoms with Crippen LogP contribution in [0.3, 0.4) is 0 Å². The second-order valence-corrected chi connectivity index (χ2v) is 8.11. The summed E-state index contributed by atoms with van der Waals surface area (Å²) in [5, 5.41) is 9.53. The van der Waals surface area contributed by atoms with Crippen LogP contribution >= 0.6 is 11.6 Å². The van der Waals surface area contributed by atoms with Crippen molar-refractivity contribution in [3.05, 3.63) is 82.4 Å². The predicted octanol–water partition coefficient (Wildman–Crippen LogP) is 5.21. The first-order valence-corrected chi connectivity index (χ1v) is 11.2. The third-order valence-electron chi connectivity index (χ3n) is 5.40. The summed E-state index contributed by atoms with van der Waals surface area (Å²) in [7, 11) is 1.54. The summed E-state index contributed by atoms with van der Waals surface area (Å²) in [6, 6.07) is 18.2. The van der Waals surface area contributed by atoms with Crippen molar-refractivity contribution in [2.75, 3.05) is 38.3 Å². The first-order valence-electron chi connectivity index (χ1n) is 10.8. The number of nitrogens with zero attached hydrogens (tertiary/aromatic N) is 2. The van der Waals surface area contributed by atoms with Gasteiger partial charge in [0, 0.05) is 25.0 Å². The summed E-state index contributed by atoms with van der Waals surface area (Å²) in [5.74, 6) is -0.139. The number of ether oxygens (including phenoxy) is 3. The maximum absolute atomic E-state index is 11.2. The maximum Gasteiger partial charge on any atom is 0.335 e. The third-order valence-corrected chi connectivity index (χ3v) is 5.68. The molecule has 34 heavy (non-hydrogen) atoms. The second-order valence-electron chi connectivity index (χ2n) is 7.70. The highest BCUT2D eigenvalue weighted by Crippen LogP contribution is 2.37. The molecule has 176 valence electrons. The molecule has 7 nitrogen and oxygen atoms in total. The molecule has 0 bridgehead atoms. The Morgan fingerprint density at radius 3 is 2.62 bits per heavy atom. The van der Waals surface area contributed by atoms with Crippen LogP contribution < -0.4 is 14.4 Å². The van der Waals surface area contributed by atoms with Crippen molar-refractivity contribution < 1.29 is 24.1 Å². The fraction of sp³-hybridized carbons (Fsp3) is 0.231. The molecule has 0 spiro atoms. The standard InChI is InChI=1S/C26H25ClN2O5/c1-32-24-15-19(16-28-21-5-7-22(8-6-21)29-9-11-33-12-10-29)14-23(27)25(24)34-17-18-3-2-4-20(13-18)26(30)31/h2-8,13-16H,9-12,17H2,1H3,(H,30,31). The number of halogens is 1. The summed E-state index contributed by atoms with van der Waals surface area (Å²) in [5.41, 5.74) is 3.65. The molecule has 1 aliphatic heterocycles.